The van der Waals surface area contributed by atoms with E-state index in [2.05, 4.69) is 18.9 Å². The smallest absolute Gasteiger partial charge is 0.349 e. The van der Waals surface area contributed by atoms with Gasteiger partial charge in [-0.3, -0.25) is 0 Å². The van der Waals surface area contributed by atoms with E-state index in [1.165, 1.54) is 0 Å². The number of rotatable bonds is 8. The Kier molecular flexibility index (Phi) is 7.63. The van der Waals surface area contributed by atoms with Crippen molar-refractivity contribution in [2.45, 2.75) is 30.5 Å². The monoisotopic (exact) mass is 336 g/mol. The summed E-state index contributed by atoms with van der Waals surface area (Å²) < 4.78 is 17.3. The molecule has 0 spiro atoms. The van der Waals surface area contributed by atoms with Gasteiger partial charge in [-0.15, -0.1) is 0 Å². The van der Waals surface area contributed by atoms with Crippen LogP contribution in [-0.4, -0.2) is 73.7 Å². The molecule has 23 heavy (non-hydrogen) atoms. The van der Waals surface area contributed by atoms with E-state index in [0.717, 1.165) is 28.4 Å². The summed E-state index contributed by atoms with van der Waals surface area (Å²) >= 11 is 0. The van der Waals surface area contributed by atoms with Crippen LogP contribution in [0.25, 0.3) is 0 Å². The lowest BCUT2D eigenvalue weighted by Gasteiger charge is -2.25. The molecule has 0 saturated heterocycles. The predicted octanol–water partition coefficient (Wildman–Crippen LogP) is -1.69. The molecule has 0 bridgehead atoms. The average Bonchev–Trinajstić information content (AvgIpc) is 2.57. The van der Waals surface area contributed by atoms with Gasteiger partial charge in [0.25, 0.3) is 11.2 Å². The summed E-state index contributed by atoms with van der Waals surface area (Å²) in [4.78, 5) is 46.2. The largest absolute Gasteiger partial charge is 0.466 e. The number of hydrogen-bond donors (Lipinski definition) is 2. The van der Waals surface area contributed by atoms with Crippen LogP contribution in [0.3, 0.4) is 0 Å². The number of esters is 4. The number of aliphatic hydroxyl groups is 2. The van der Waals surface area contributed by atoms with Crippen LogP contribution in [0.1, 0.15) is 19.3 Å². The highest BCUT2D eigenvalue weighted by atomic mass is 16.6. The van der Waals surface area contributed by atoms with Crippen molar-refractivity contribution in [3.8, 4) is 0 Å². The summed E-state index contributed by atoms with van der Waals surface area (Å²) in [5.41, 5.74) is -5.26. The molecule has 0 aliphatic heterocycles. The van der Waals surface area contributed by atoms with Gasteiger partial charge in [0.1, 0.15) is 0 Å². The topological polar surface area (TPSA) is 146 Å². The maximum atomic E-state index is 11.6. The molecule has 0 rings (SSSR count). The summed E-state index contributed by atoms with van der Waals surface area (Å²) in [7, 11) is 3.82. The van der Waals surface area contributed by atoms with Crippen molar-refractivity contribution in [2.75, 3.05) is 28.4 Å². The fourth-order valence-corrected chi connectivity index (χ4v) is 1.85. The van der Waals surface area contributed by atoms with Gasteiger partial charge in [-0.25, -0.2) is 19.2 Å². The lowest BCUT2D eigenvalue weighted by atomic mass is 9.90. The van der Waals surface area contributed by atoms with E-state index >= 15 is 0 Å². The number of carbonyl (C=O) groups is 4. The first-order chi connectivity index (χ1) is 10.6. The van der Waals surface area contributed by atoms with Crippen molar-refractivity contribution < 1.29 is 48.3 Å². The van der Waals surface area contributed by atoms with Crippen molar-refractivity contribution >= 4 is 23.9 Å². The van der Waals surface area contributed by atoms with E-state index < -0.39 is 47.9 Å². The molecule has 0 aromatic rings. The molecule has 10 nitrogen and oxygen atoms in total. The molecule has 0 aromatic carbocycles. The van der Waals surface area contributed by atoms with Gasteiger partial charge in [0.2, 0.25) is 0 Å². The molecular formula is C13H20O10. The first-order valence-electron chi connectivity index (χ1n) is 6.42. The third-order valence-electron chi connectivity index (χ3n) is 3.17. The van der Waals surface area contributed by atoms with Crippen LogP contribution in [0, 0.1) is 0 Å². The Bertz CT molecular complexity index is 395. The van der Waals surface area contributed by atoms with E-state index in [4.69, 9.17) is 0 Å². The molecule has 0 unspecified atom stereocenters. The van der Waals surface area contributed by atoms with Crippen LogP contribution in [-0.2, 0) is 38.1 Å². The second-order valence-corrected chi connectivity index (χ2v) is 4.54. The predicted molar refractivity (Wildman–Crippen MR) is 71.8 cm³/mol. The lowest BCUT2D eigenvalue weighted by Crippen LogP contribution is -2.50. The molecule has 0 aliphatic carbocycles. The Morgan fingerprint density at radius 3 is 1.04 bits per heavy atom. The SMILES string of the molecule is COC(=O)C(O)(CCCC(O)(C(=O)OC)C(=O)OC)C(=O)OC. The summed E-state index contributed by atoms with van der Waals surface area (Å²) in [6.07, 6.45) is -1.44. The van der Waals surface area contributed by atoms with Gasteiger partial charge in [-0.05, 0) is 19.3 Å². The Labute approximate surface area is 132 Å². The third-order valence-corrected chi connectivity index (χ3v) is 3.17. The van der Waals surface area contributed by atoms with Gasteiger partial charge in [-0.1, -0.05) is 0 Å². The minimum atomic E-state index is -2.63. The third kappa shape index (κ3) is 4.39. The maximum Gasteiger partial charge on any atom is 0.349 e. The minimum Gasteiger partial charge on any atom is -0.466 e. The summed E-state index contributed by atoms with van der Waals surface area (Å²) in [5, 5.41) is 20.1. The molecule has 0 fully saturated rings. The quantitative estimate of drug-likeness (QED) is 0.299. The Balaban J connectivity index is 5.18. The van der Waals surface area contributed by atoms with E-state index in [0.29, 0.717) is 0 Å². The van der Waals surface area contributed by atoms with Crippen molar-refractivity contribution in [3.63, 3.8) is 0 Å². The molecule has 0 aliphatic rings. The van der Waals surface area contributed by atoms with Gasteiger partial charge in [0.15, 0.2) is 0 Å². The zero-order valence-corrected chi connectivity index (χ0v) is 13.3. The minimum absolute atomic E-state index is 0.304. The maximum absolute atomic E-state index is 11.6. The second-order valence-electron chi connectivity index (χ2n) is 4.54. The normalized spacial score (nSPS) is 11.4. The number of methoxy groups -OCH3 is 4. The fourth-order valence-electron chi connectivity index (χ4n) is 1.85. The molecule has 0 saturated carbocycles. The molecule has 0 amide bonds. The standard InChI is InChI=1S/C13H20O10/c1-20-8(14)12(18,9(15)21-2)6-5-7-13(19,10(16)22-3)11(17)23-4/h18-19H,5-7H2,1-4H3. The summed E-state index contributed by atoms with van der Waals surface area (Å²) in [6, 6.07) is 0. The molecule has 0 heterocycles. The molecule has 10 heteroatoms. The highest BCUT2D eigenvalue weighted by molar-refractivity contribution is 6.04. The lowest BCUT2D eigenvalue weighted by molar-refractivity contribution is -0.183. The second kappa shape index (κ2) is 8.44. The van der Waals surface area contributed by atoms with E-state index in [1.54, 1.807) is 0 Å². The van der Waals surface area contributed by atoms with Gasteiger partial charge < -0.3 is 29.2 Å². The highest BCUT2D eigenvalue weighted by Gasteiger charge is 2.50. The van der Waals surface area contributed by atoms with Crippen molar-refractivity contribution in [1.29, 1.82) is 0 Å². The summed E-state index contributed by atoms with van der Waals surface area (Å²) in [6.45, 7) is 0. The molecule has 2 N–H and O–H groups in total. The number of hydrogen-bond acceptors (Lipinski definition) is 10. The molecule has 132 valence electrons. The van der Waals surface area contributed by atoms with Crippen LogP contribution in [0.2, 0.25) is 0 Å². The van der Waals surface area contributed by atoms with Crippen LogP contribution >= 0.6 is 0 Å². The van der Waals surface area contributed by atoms with Crippen molar-refractivity contribution in [2.24, 2.45) is 0 Å². The average molecular weight is 336 g/mol. The first kappa shape index (κ1) is 20.8. The van der Waals surface area contributed by atoms with Gasteiger partial charge >= 0.3 is 23.9 Å². The van der Waals surface area contributed by atoms with E-state index in [-0.39, 0.29) is 6.42 Å². The molecule has 0 aromatic heterocycles. The number of carbonyl (C=O) groups excluding carboxylic acids is 4. The zero-order valence-electron chi connectivity index (χ0n) is 13.3. The first-order valence-corrected chi connectivity index (χ1v) is 6.42. The zero-order chi connectivity index (χ0) is 18.3. The van der Waals surface area contributed by atoms with Gasteiger partial charge in [0, 0.05) is 0 Å². The van der Waals surface area contributed by atoms with E-state index in [1.807, 2.05) is 0 Å². The number of ether oxygens (including phenoxy) is 4. The van der Waals surface area contributed by atoms with Crippen LogP contribution in [0.4, 0.5) is 0 Å². The molecule has 0 atom stereocenters. The van der Waals surface area contributed by atoms with Gasteiger partial charge in [0.05, 0.1) is 28.4 Å². The van der Waals surface area contributed by atoms with Crippen LogP contribution in [0.5, 0.6) is 0 Å². The van der Waals surface area contributed by atoms with E-state index in [9.17, 15) is 29.4 Å². The Morgan fingerprint density at radius 2 is 0.870 bits per heavy atom. The molecular weight excluding hydrogens is 316 g/mol. The highest BCUT2D eigenvalue weighted by Crippen LogP contribution is 2.24. The Morgan fingerprint density at radius 1 is 0.652 bits per heavy atom. The summed E-state index contributed by atoms with van der Waals surface area (Å²) in [5.74, 6) is -5.10. The van der Waals surface area contributed by atoms with Gasteiger partial charge in [-0.2, -0.15) is 0 Å². The van der Waals surface area contributed by atoms with Crippen LogP contribution < -0.4 is 0 Å². The Hall–Kier alpha value is -2.20. The van der Waals surface area contributed by atoms with Crippen molar-refractivity contribution in [1.82, 2.24) is 0 Å². The van der Waals surface area contributed by atoms with Crippen LogP contribution in [0.15, 0.2) is 0 Å². The molecule has 0 radical (unpaired) electrons. The van der Waals surface area contributed by atoms with Crippen molar-refractivity contribution in [3.05, 3.63) is 0 Å². The fraction of sp³-hybridized carbons (Fsp3) is 0.692.